The highest BCUT2D eigenvalue weighted by Crippen LogP contribution is 2.08. The van der Waals surface area contributed by atoms with Crippen LogP contribution in [0.15, 0.2) is 23.4 Å². The fourth-order valence-electron chi connectivity index (χ4n) is 1.58. The fraction of sp³-hybridized carbons (Fsp3) is 0.455. The Balaban J connectivity index is 1.87. The zero-order chi connectivity index (χ0) is 11.4. The van der Waals surface area contributed by atoms with Gasteiger partial charge in [0.15, 0.2) is 0 Å². The summed E-state index contributed by atoms with van der Waals surface area (Å²) in [7, 11) is 0. The highest BCUT2D eigenvalue weighted by atomic mass is 32.1. The minimum absolute atomic E-state index is 0.457. The molecular weight excluding hydrogens is 220 g/mol. The van der Waals surface area contributed by atoms with Crippen LogP contribution in [0.3, 0.4) is 0 Å². The third kappa shape index (κ3) is 2.68. The summed E-state index contributed by atoms with van der Waals surface area (Å²) < 4.78 is 2.17. The zero-order valence-electron chi connectivity index (χ0n) is 9.55. The third-order valence-corrected chi connectivity index (χ3v) is 3.03. The Labute approximate surface area is 99.4 Å². The van der Waals surface area contributed by atoms with E-state index >= 15 is 0 Å². The fourth-order valence-corrected chi connectivity index (χ4v) is 2.14. The van der Waals surface area contributed by atoms with E-state index in [1.165, 1.54) is 5.69 Å². The van der Waals surface area contributed by atoms with Gasteiger partial charge in [0.1, 0.15) is 0 Å². The van der Waals surface area contributed by atoms with Crippen molar-refractivity contribution in [1.29, 1.82) is 0 Å². The van der Waals surface area contributed by atoms with Crippen molar-refractivity contribution in [2.45, 2.75) is 33.0 Å². The van der Waals surface area contributed by atoms with Crippen molar-refractivity contribution in [2.24, 2.45) is 0 Å². The van der Waals surface area contributed by atoms with Gasteiger partial charge < -0.3 is 9.88 Å². The average Bonchev–Trinajstić information content (AvgIpc) is 2.87. The van der Waals surface area contributed by atoms with Crippen molar-refractivity contribution in [3.05, 3.63) is 34.8 Å². The first-order valence-corrected chi connectivity index (χ1v) is 6.30. The van der Waals surface area contributed by atoms with E-state index in [1.807, 2.05) is 18.0 Å². The predicted molar refractivity (Wildman–Crippen MR) is 65.3 cm³/mol. The molecule has 0 aliphatic heterocycles. The van der Waals surface area contributed by atoms with E-state index in [0.717, 1.165) is 18.8 Å². The van der Waals surface area contributed by atoms with Gasteiger partial charge in [0.2, 0.25) is 0 Å². The molecule has 0 atom stereocenters. The van der Waals surface area contributed by atoms with E-state index in [4.69, 9.17) is 0 Å². The highest BCUT2D eigenvalue weighted by Gasteiger charge is 2.04. The van der Waals surface area contributed by atoms with Crippen molar-refractivity contribution in [3.63, 3.8) is 0 Å². The summed E-state index contributed by atoms with van der Waals surface area (Å²) in [6.07, 6.45) is 3.79. The van der Waals surface area contributed by atoms with Gasteiger partial charge in [-0.1, -0.05) is 0 Å². The Morgan fingerprint density at radius 3 is 3.00 bits per heavy atom. The van der Waals surface area contributed by atoms with Gasteiger partial charge in [-0.3, -0.25) is 0 Å². The topological polar surface area (TPSA) is 42.7 Å². The van der Waals surface area contributed by atoms with Crippen LogP contribution < -0.4 is 5.32 Å². The summed E-state index contributed by atoms with van der Waals surface area (Å²) in [6, 6.07) is 0.457. The first-order chi connectivity index (χ1) is 7.77. The van der Waals surface area contributed by atoms with E-state index < -0.39 is 0 Å². The molecule has 0 aliphatic rings. The van der Waals surface area contributed by atoms with Crippen molar-refractivity contribution in [2.75, 3.05) is 0 Å². The molecule has 0 aliphatic carbocycles. The minimum Gasteiger partial charge on any atom is -0.331 e. The third-order valence-electron chi connectivity index (χ3n) is 2.40. The lowest BCUT2D eigenvalue weighted by Crippen LogP contribution is -2.16. The Hall–Kier alpha value is -1.20. The van der Waals surface area contributed by atoms with Gasteiger partial charge in [-0.05, 0) is 13.8 Å². The summed E-state index contributed by atoms with van der Waals surface area (Å²) in [6.45, 7) is 5.96. The van der Waals surface area contributed by atoms with Crippen molar-refractivity contribution < 1.29 is 0 Å². The summed E-state index contributed by atoms with van der Waals surface area (Å²) >= 11 is 1.63. The Kier molecular flexibility index (Phi) is 3.69. The number of imidazole rings is 1. The average molecular weight is 236 g/mol. The number of nitrogens with zero attached hydrogens (tertiary/aromatic N) is 3. The van der Waals surface area contributed by atoms with Gasteiger partial charge in [0, 0.05) is 30.7 Å². The molecule has 0 radical (unpaired) electrons. The molecule has 0 unspecified atom stereocenters. The molecule has 86 valence electrons. The van der Waals surface area contributed by atoms with E-state index in [0.29, 0.717) is 6.04 Å². The normalized spacial score (nSPS) is 11.2. The monoisotopic (exact) mass is 236 g/mol. The molecule has 4 nitrogen and oxygen atoms in total. The molecule has 0 saturated carbocycles. The van der Waals surface area contributed by atoms with Crippen molar-refractivity contribution >= 4 is 11.3 Å². The second-order valence-corrected chi connectivity index (χ2v) is 4.69. The van der Waals surface area contributed by atoms with Crippen LogP contribution in [0.5, 0.6) is 0 Å². The maximum Gasteiger partial charge on any atom is 0.0951 e. The summed E-state index contributed by atoms with van der Waals surface area (Å²) in [5.41, 5.74) is 4.17. The molecule has 0 saturated heterocycles. The smallest absolute Gasteiger partial charge is 0.0951 e. The maximum atomic E-state index is 4.23. The molecule has 2 aromatic rings. The maximum absolute atomic E-state index is 4.23. The number of thiazole rings is 1. The number of rotatable bonds is 5. The largest absolute Gasteiger partial charge is 0.331 e. The molecule has 2 aromatic heterocycles. The van der Waals surface area contributed by atoms with Crippen molar-refractivity contribution in [3.8, 4) is 0 Å². The van der Waals surface area contributed by atoms with Crippen LogP contribution >= 0.6 is 11.3 Å². The summed E-state index contributed by atoms with van der Waals surface area (Å²) in [5, 5.41) is 5.43. The standard InChI is InChI=1S/C11H16N4S/c1-9(2)15-7-13-5-11(15)4-12-3-10-6-16-8-14-10/h5-9,12H,3-4H2,1-2H3. The molecule has 0 amide bonds. The van der Waals surface area contributed by atoms with Gasteiger partial charge in [0.25, 0.3) is 0 Å². The molecular formula is C11H16N4S. The number of aromatic nitrogens is 3. The molecule has 2 rings (SSSR count). The van der Waals surface area contributed by atoms with E-state index in [-0.39, 0.29) is 0 Å². The Morgan fingerprint density at radius 2 is 2.31 bits per heavy atom. The number of hydrogen-bond acceptors (Lipinski definition) is 4. The SMILES string of the molecule is CC(C)n1cncc1CNCc1cscn1. The molecule has 1 N–H and O–H groups in total. The first kappa shape index (κ1) is 11.3. The molecule has 0 aromatic carbocycles. The van der Waals surface area contributed by atoms with E-state index in [1.54, 1.807) is 11.3 Å². The molecule has 16 heavy (non-hydrogen) atoms. The molecule has 0 spiro atoms. The molecule has 2 heterocycles. The summed E-state index contributed by atoms with van der Waals surface area (Å²) in [4.78, 5) is 8.39. The van der Waals surface area contributed by atoms with Crippen LogP contribution in [0.4, 0.5) is 0 Å². The van der Waals surface area contributed by atoms with Gasteiger partial charge in [0.05, 0.1) is 23.2 Å². The minimum atomic E-state index is 0.457. The Morgan fingerprint density at radius 1 is 1.44 bits per heavy atom. The first-order valence-electron chi connectivity index (χ1n) is 5.36. The number of nitrogens with one attached hydrogen (secondary N) is 1. The van der Waals surface area contributed by atoms with Crippen LogP contribution in [0.25, 0.3) is 0 Å². The lowest BCUT2D eigenvalue weighted by Gasteiger charge is -2.11. The lowest BCUT2D eigenvalue weighted by atomic mass is 10.3. The highest BCUT2D eigenvalue weighted by molar-refractivity contribution is 7.07. The van der Waals surface area contributed by atoms with E-state index in [2.05, 4.69) is 39.1 Å². The van der Waals surface area contributed by atoms with Gasteiger partial charge >= 0.3 is 0 Å². The second kappa shape index (κ2) is 5.23. The molecule has 0 fully saturated rings. The quantitative estimate of drug-likeness (QED) is 0.865. The van der Waals surface area contributed by atoms with Crippen LogP contribution in [-0.2, 0) is 13.1 Å². The van der Waals surface area contributed by atoms with Crippen LogP contribution in [-0.4, -0.2) is 14.5 Å². The zero-order valence-corrected chi connectivity index (χ0v) is 10.4. The van der Waals surface area contributed by atoms with Gasteiger partial charge in [-0.15, -0.1) is 11.3 Å². The summed E-state index contributed by atoms with van der Waals surface area (Å²) in [5.74, 6) is 0. The van der Waals surface area contributed by atoms with E-state index in [9.17, 15) is 0 Å². The Bertz CT molecular complexity index is 419. The van der Waals surface area contributed by atoms with Crippen LogP contribution in [0, 0.1) is 0 Å². The lowest BCUT2D eigenvalue weighted by molar-refractivity contribution is 0.549. The van der Waals surface area contributed by atoms with Crippen LogP contribution in [0.2, 0.25) is 0 Å². The van der Waals surface area contributed by atoms with Gasteiger partial charge in [-0.2, -0.15) is 0 Å². The predicted octanol–water partition coefficient (Wildman–Crippen LogP) is 2.21. The number of hydrogen-bond donors (Lipinski definition) is 1. The molecule has 5 heteroatoms. The van der Waals surface area contributed by atoms with Crippen molar-refractivity contribution in [1.82, 2.24) is 19.9 Å². The second-order valence-electron chi connectivity index (χ2n) is 3.97. The van der Waals surface area contributed by atoms with Crippen LogP contribution in [0.1, 0.15) is 31.3 Å². The molecule has 0 bridgehead atoms. The van der Waals surface area contributed by atoms with Gasteiger partial charge in [-0.25, -0.2) is 9.97 Å².